The third kappa shape index (κ3) is 3.38. The summed E-state index contributed by atoms with van der Waals surface area (Å²) in [6.07, 6.45) is 3.45. The molecule has 4 aromatic rings. The summed E-state index contributed by atoms with van der Waals surface area (Å²) in [6.45, 7) is 0. The van der Waals surface area contributed by atoms with Gasteiger partial charge in [0.1, 0.15) is 0 Å². The number of carbonyl (C=O) groups is 1. The smallest absolute Gasteiger partial charge is 0.242 e. The Kier molecular flexibility index (Phi) is 5.02. The molecule has 0 fully saturated rings. The van der Waals surface area contributed by atoms with E-state index >= 15 is 0 Å². The van der Waals surface area contributed by atoms with Crippen LogP contribution in [-0.2, 0) is 11.8 Å². The summed E-state index contributed by atoms with van der Waals surface area (Å²) in [6, 6.07) is 19.8. The van der Waals surface area contributed by atoms with Crippen LogP contribution in [0.1, 0.15) is 0 Å². The molecule has 0 radical (unpaired) electrons. The van der Waals surface area contributed by atoms with Crippen LogP contribution in [0.2, 0.25) is 0 Å². The lowest BCUT2D eigenvalue weighted by Crippen LogP contribution is -2.30. The minimum Gasteiger partial charge on any atom is -0.305 e. The number of fused-ring (bicyclic) bond motifs is 2. The molecule has 30 heavy (non-hydrogen) atoms. The summed E-state index contributed by atoms with van der Waals surface area (Å²) in [5.74, 6) is 1.02. The van der Waals surface area contributed by atoms with E-state index < -0.39 is 0 Å². The predicted molar refractivity (Wildman–Crippen MR) is 119 cm³/mol. The van der Waals surface area contributed by atoms with Crippen molar-refractivity contribution in [2.45, 2.75) is 14.9 Å². The number of hydrogen-bond acceptors (Lipinski definition) is 6. The van der Waals surface area contributed by atoms with Crippen LogP contribution in [0.15, 0.2) is 88.0 Å². The lowest BCUT2D eigenvalue weighted by Gasteiger charge is -2.30. The van der Waals surface area contributed by atoms with Crippen LogP contribution in [0, 0.1) is 0 Å². The normalized spacial score (nSPS) is 12.4. The molecule has 148 valence electrons. The number of aromatic nitrogens is 4. The number of nitrogens with zero attached hydrogens (tertiary/aromatic N) is 5. The quantitative estimate of drug-likeness (QED) is 0.433. The first-order valence-corrected chi connectivity index (χ1v) is 11.1. The molecule has 1 amide bonds. The number of thioether (sulfide) groups is 1. The van der Waals surface area contributed by atoms with Gasteiger partial charge >= 0.3 is 0 Å². The number of rotatable bonds is 4. The monoisotopic (exact) mass is 431 g/mol. The average Bonchev–Trinajstić information content (AvgIpc) is 3.16. The molecule has 1 aliphatic heterocycles. The fraction of sp³-hybridized carbons (Fsp3) is 0.0909. The molecule has 5 rings (SSSR count). The van der Waals surface area contributed by atoms with Gasteiger partial charge in [0, 0.05) is 34.8 Å². The lowest BCUT2D eigenvalue weighted by molar-refractivity contribution is -0.115. The van der Waals surface area contributed by atoms with Crippen LogP contribution in [0.3, 0.4) is 0 Å². The molecule has 3 heterocycles. The van der Waals surface area contributed by atoms with E-state index in [-0.39, 0.29) is 11.7 Å². The van der Waals surface area contributed by atoms with E-state index in [0.717, 1.165) is 32.6 Å². The highest BCUT2D eigenvalue weighted by atomic mass is 32.2. The molecule has 0 aliphatic carbocycles. The second-order valence-corrected chi connectivity index (χ2v) is 8.68. The zero-order valence-electron chi connectivity index (χ0n) is 16.1. The summed E-state index contributed by atoms with van der Waals surface area (Å²) in [5, 5.41) is 9.26. The molecular weight excluding hydrogens is 414 g/mol. The van der Waals surface area contributed by atoms with Gasteiger partial charge in [0.2, 0.25) is 5.91 Å². The molecular formula is C22H17N5OS2. The van der Waals surface area contributed by atoms with Gasteiger partial charge < -0.3 is 4.57 Å². The topological polar surface area (TPSA) is 63.9 Å². The minimum absolute atomic E-state index is 0.00802. The van der Waals surface area contributed by atoms with Crippen molar-refractivity contribution in [1.82, 2.24) is 19.7 Å². The maximum Gasteiger partial charge on any atom is 0.242 e. The highest BCUT2D eigenvalue weighted by Crippen LogP contribution is 2.48. The Bertz CT molecular complexity index is 1180. The van der Waals surface area contributed by atoms with Crippen molar-refractivity contribution < 1.29 is 4.79 Å². The first kappa shape index (κ1) is 18.9. The molecule has 2 aromatic heterocycles. The van der Waals surface area contributed by atoms with Gasteiger partial charge in [0.15, 0.2) is 11.0 Å². The molecule has 0 atom stereocenters. The van der Waals surface area contributed by atoms with Crippen LogP contribution in [0.5, 0.6) is 0 Å². The molecule has 0 N–H and O–H groups in total. The number of benzene rings is 2. The fourth-order valence-corrected chi connectivity index (χ4v) is 5.18. The van der Waals surface area contributed by atoms with E-state index in [9.17, 15) is 4.79 Å². The molecule has 0 spiro atoms. The summed E-state index contributed by atoms with van der Waals surface area (Å²) in [7, 11) is 1.91. The van der Waals surface area contributed by atoms with E-state index in [1.165, 1.54) is 11.8 Å². The van der Waals surface area contributed by atoms with Crippen molar-refractivity contribution in [1.29, 1.82) is 0 Å². The number of hydrogen-bond donors (Lipinski definition) is 0. The summed E-state index contributed by atoms with van der Waals surface area (Å²) < 4.78 is 1.90. The van der Waals surface area contributed by atoms with Crippen LogP contribution in [-0.4, -0.2) is 31.4 Å². The van der Waals surface area contributed by atoms with E-state index in [0.29, 0.717) is 5.16 Å². The first-order chi connectivity index (χ1) is 14.7. The van der Waals surface area contributed by atoms with Gasteiger partial charge in [-0.3, -0.25) is 14.7 Å². The number of carbonyl (C=O) groups excluding carboxylic acids is 1. The maximum absolute atomic E-state index is 13.3. The summed E-state index contributed by atoms with van der Waals surface area (Å²) >= 11 is 3.08. The molecule has 8 heteroatoms. The summed E-state index contributed by atoms with van der Waals surface area (Å²) in [4.78, 5) is 21.3. The van der Waals surface area contributed by atoms with E-state index in [4.69, 9.17) is 0 Å². The number of para-hydroxylation sites is 2. The predicted octanol–water partition coefficient (Wildman–Crippen LogP) is 4.80. The van der Waals surface area contributed by atoms with Crippen molar-refractivity contribution in [3.05, 3.63) is 73.1 Å². The summed E-state index contributed by atoms with van der Waals surface area (Å²) in [5.41, 5.74) is 2.78. The van der Waals surface area contributed by atoms with Crippen LogP contribution >= 0.6 is 23.5 Å². The van der Waals surface area contributed by atoms with E-state index in [2.05, 4.69) is 15.2 Å². The maximum atomic E-state index is 13.3. The zero-order valence-corrected chi connectivity index (χ0v) is 17.7. The van der Waals surface area contributed by atoms with E-state index in [1.54, 1.807) is 24.2 Å². The van der Waals surface area contributed by atoms with Gasteiger partial charge in [-0.05, 0) is 36.4 Å². The van der Waals surface area contributed by atoms with Crippen molar-refractivity contribution in [2.24, 2.45) is 7.05 Å². The van der Waals surface area contributed by atoms with Crippen molar-refractivity contribution in [3.63, 3.8) is 0 Å². The van der Waals surface area contributed by atoms with Gasteiger partial charge in [0.05, 0.1) is 17.1 Å². The Morgan fingerprint density at radius 1 is 0.933 bits per heavy atom. The molecule has 2 aromatic carbocycles. The molecule has 0 saturated heterocycles. The van der Waals surface area contributed by atoms with Crippen molar-refractivity contribution in [3.8, 4) is 11.4 Å². The van der Waals surface area contributed by atoms with Gasteiger partial charge in [-0.1, -0.05) is 47.8 Å². The highest BCUT2D eigenvalue weighted by molar-refractivity contribution is 8.00. The van der Waals surface area contributed by atoms with Crippen LogP contribution in [0.25, 0.3) is 11.4 Å². The molecule has 1 aliphatic rings. The number of pyridine rings is 1. The number of amides is 1. The second kappa shape index (κ2) is 7.97. The highest BCUT2D eigenvalue weighted by Gasteiger charge is 2.28. The average molecular weight is 432 g/mol. The van der Waals surface area contributed by atoms with Gasteiger partial charge in [-0.2, -0.15) is 0 Å². The Balaban J connectivity index is 1.40. The van der Waals surface area contributed by atoms with Gasteiger partial charge in [-0.25, -0.2) is 0 Å². The Morgan fingerprint density at radius 3 is 2.23 bits per heavy atom. The first-order valence-electron chi connectivity index (χ1n) is 9.34. The Labute approximate surface area is 182 Å². The Morgan fingerprint density at radius 2 is 1.57 bits per heavy atom. The van der Waals surface area contributed by atoms with E-state index in [1.807, 2.05) is 77.2 Å². The van der Waals surface area contributed by atoms with Crippen LogP contribution < -0.4 is 4.90 Å². The zero-order chi connectivity index (χ0) is 20.5. The largest absolute Gasteiger partial charge is 0.305 e. The SMILES string of the molecule is Cn1c(SCC(=O)N2c3ccccc3Sc3ccccc32)nnc1-c1ccncc1. The third-order valence-electron chi connectivity index (χ3n) is 4.78. The van der Waals surface area contributed by atoms with Crippen molar-refractivity contribution in [2.75, 3.05) is 10.7 Å². The molecule has 0 unspecified atom stereocenters. The van der Waals surface area contributed by atoms with Gasteiger partial charge in [-0.15, -0.1) is 10.2 Å². The minimum atomic E-state index is 0.00802. The second-order valence-electron chi connectivity index (χ2n) is 6.66. The molecule has 0 bridgehead atoms. The van der Waals surface area contributed by atoms with Gasteiger partial charge in [0.25, 0.3) is 0 Å². The van der Waals surface area contributed by atoms with Crippen LogP contribution in [0.4, 0.5) is 11.4 Å². The lowest BCUT2D eigenvalue weighted by atomic mass is 10.2. The van der Waals surface area contributed by atoms with Crippen molar-refractivity contribution >= 4 is 40.8 Å². The fourth-order valence-electron chi connectivity index (χ4n) is 3.36. The Hall–Kier alpha value is -3.10. The molecule has 6 nitrogen and oxygen atoms in total. The third-order valence-corrected chi connectivity index (χ3v) is 6.92. The number of anilines is 2. The standard InChI is InChI=1S/C22H17N5OS2/c1-26-21(15-10-12-23-13-11-15)24-25-22(26)29-14-20(28)27-16-6-2-4-8-18(16)30-19-9-5-3-7-17(19)27/h2-13H,14H2,1H3. The molecule has 0 saturated carbocycles.